The van der Waals surface area contributed by atoms with Crippen molar-refractivity contribution >= 4 is 22.7 Å². The number of benzene rings is 1. The first-order valence-electron chi connectivity index (χ1n) is 6.93. The van der Waals surface area contributed by atoms with Gasteiger partial charge in [0.25, 0.3) is 0 Å². The summed E-state index contributed by atoms with van der Waals surface area (Å²) in [6, 6.07) is 14.7. The highest BCUT2D eigenvalue weighted by Crippen LogP contribution is 2.24. The lowest BCUT2D eigenvalue weighted by atomic mass is 10.2. The zero-order valence-electron chi connectivity index (χ0n) is 11.3. The van der Waals surface area contributed by atoms with E-state index in [1.54, 1.807) is 11.3 Å². The molecule has 20 heavy (non-hydrogen) atoms. The van der Waals surface area contributed by atoms with Crippen LogP contribution in [0.2, 0.25) is 0 Å². The maximum Gasteiger partial charge on any atom is 0.110 e. The lowest BCUT2D eigenvalue weighted by Crippen LogP contribution is -2.17. The first kappa shape index (κ1) is 13.0. The van der Waals surface area contributed by atoms with E-state index in [4.69, 9.17) is 5.26 Å². The van der Waals surface area contributed by atoms with E-state index in [1.165, 1.54) is 36.5 Å². The molecule has 1 aromatic carbocycles. The standard InChI is InChI=1S/C16H17N3S/c17-11-15-6-7-16(20-15)12-18-13-4-3-5-14(10-13)19-8-1-2-9-19/h3-7,10,18H,1-2,8-9,12H2. The highest BCUT2D eigenvalue weighted by Gasteiger charge is 2.12. The number of anilines is 2. The van der Waals surface area contributed by atoms with Gasteiger partial charge >= 0.3 is 0 Å². The Morgan fingerprint density at radius 3 is 2.80 bits per heavy atom. The van der Waals surface area contributed by atoms with Crippen LogP contribution in [0.1, 0.15) is 22.6 Å². The number of hydrogen-bond donors (Lipinski definition) is 1. The molecule has 1 aliphatic rings. The van der Waals surface area contributed by atoms with E-state index in [2.05, 4.69) is 40.6 Å². The van der Waals surface area contributed by atoms with Crippen LogP contribution in [0.4, 0.5) is 11.4 Å². The summed E-state index contributed by atoms with van der Waals surface area (Å²) in [4.78, 5) is 4.39. The van der Waals surface area contributed by atoms with Crippen LogP contribution in [0.3, 0.4) is 0 Å². The number of thiophene rings is 1. The summed E-state index contributed by atoms with van der Waals surface area (Å²) < 4.78 is 0. The van der Waals surface area contributed by atoms with E-state index >= 15 is 0 Å². The van der Waals surface area contributed by atoms with Crippen molar-refractivity contribution in [3.63, 3.8) is 0 Å². The normalized spacial score (nSPS) is 14.2. The highest BCUT2D eigenvalue weighted by molar-refractivity contribution is 7.12. The molecule has 0 bridgehead atoms. The lowest BCUT2D eigenvalue weighted by molar-refractivity contribution is 0.949. The lowest BCUT2D eigenvalue weighted by Gasteiger charge is -2.18. The Morgan fingerprint density at radius 2 is 2.05 bits per heavy atom. The van der Waals surface area contributed by atoms with Crippen LogP contribution >= 0.6 is 11.3 Å². The SMILES string of the molecule is N#Cc1ccc(CNc2cccc(N3CCCC3)c2)s1. The van der Waals surface area contributed by atoms with E-state index in [9.17, 15) is 0 Å². The molecule has 1 saturated heterocycles. The van der Waals surface area contributed by atoms with Crippen LogP contribution in [0.15, 0.2) is 36.4 Å². The Balaban J connectivity index is 1.65. The fourth-order valence-corrected chi connectivity index (χ4v) is 3.25. The van der Waals surface area contributed by atoms with Crippen molar-refractivity contribution < 1.29 is 0 Å². The largest absolute Gasteiger partial charge is 0.380 e. The maximum atomic E-state index is 8.83. The Kier molecular flexibility index (Phi) is 3.89. The predicted molar refractivity (Wildman–Crippen MR) is 84.2 cm³/mol. The quantitative estimate of drug-likeness (QED) is 0.926. The molecule has 2 heterocycles. The molecule has 1 aliphatic heterocycles. The topological polar surface area (TPSA) is 39.1 Å². The summed E-state index contributed by atoms with van der Waals surface area (Å²) in [6.07, 6.45) is 2.59. The second-order valence-corrected chi connectivity index (χ2v) is 6.14. The van der Waals surface area contributed by atoms with Gasteiger partial charge in [-0.25, -0.2) is 0 Å². The molecule has 0 atom stereocenters. The summed E-state index contributed by atoms with van der Waals surface area (Å²) in [6.45, 7) is 3.11. The van der Waals surface area contributed by atoms with Gasteiger partial charge in [-0.05, 0) is 43.2 Å². The molecule has 102 valence electrons. The summed E-state index contributed by atoms with van der Waals surface area (Å²) in [5.41, 5.74) is 2.44. The van der Waals surface area contributed by atoms with Gasteiger partial charge in [0.1, 0.15) is 10.9 Å². The second-order valence-electron chi connectivity index (χ2n) is 4.98. The van der Waals surface area contributed by atoms with Crippen molar-refractivity contribution in [3.8, 4) is 6.07 Å². The number of nitrogens with one attached hydrogen (secondary N) is 1. The average molecular weight is 283 g/mol. The van der Waals surface area contributed by atoms with Crippen LogP contribution in [0, 0.1) is 11.3 Å². The molecule has 2 aromatic rings. The second kappa shape index (κ2) is 5.98. The van der Waals surface area contributed by atoms with Gasteiger partial charge in [0.2, 0.25) is 0 Å². The monoisotopic (exact) mass is 283 g/mol. The summed E-state index contributed by atoms with van der Waals surface area (Å²) >= 11 is 1.55. The van der Waals surface area contributed by atoms with Crippen LogP contribution in [-0.4, -0.2) is 13.1 Å². The number of rotatable bonds is 4. The van der Waals surface area contributed by atoms with Crippen molar-refractivity contribution in [2.45, 2.75) is 19.4 Å². The molecule has 0 unspecified atom stereocenters. The van der Waals surface area contributed by atoms with Crippen molar-refractivity contribution in [3.05, 3.63) is 46.2 Å². The molecule has 0 aliphatic carbocycles. The first-order valence-corrected chi connectivity index (χ1v) is 7.74. The molecule has 0 spiro atoms. The van der Waals surface area contributed by atoms with Crippen molar-refractivity contribution in [1.82, 2.24) is 0 Å². The van der Waals surface area contributed by atoms with Crippen LogP contribution in [0.25, 0.3) is 0 Å². The summed E-state index contributed by atoms with van der Waals surface area (Å²) in [7, 11) is 0. The summed E-state index contributed by atoms with van der Waals surface area (Å²) in [5, 5.41) is 12.3. The zero-order chi connectivity index (χ0) is 13.8. The van der Waals surface area contributed by atoms with E-state index in [0.29, 0.717) is 0 Å². The van der Waals surface area contributed by atoms with Gasteiger partial charge in [0.05, 0.1) is 0 Å². The van der Waals surface area contributed by atoms with Crippen LogP contribution in [0.5, 0.6) is 0 Å². The Hall–Kier alpha value is -1.99. The smallest absolute Gasteiger partial charge is 0.110 e. The Labute approximate surface area is 123 Å². The average Bonchev–Trinajstić information content (AvgIpc) is 3.17. The minimum Gasteiger partial charge on any atom is -0.380 e. The Morgan fingerprint density at radius 1 is 1.20 bits per heavy atom. The predicted octanol–water partition coefficient (Wildman–Crippen LogP) is 3.83. The van der Waals surface area contributed by atoms with Crippen molar-refractivity contribution in [2.75, 3.05) is 23.3 Å². The molecule has 0 radical (unpaired) electrons. The minimum atomic E-state index is 0.771. The van der Waals surface area contributed by atoms with Gasteiger partial charge in [-0.15, -0.1) is 11.3 Å². The maximum absolute atomic E-state index is 8.83. The van der Waals surface area contributed by atoms with Gasteiger partial charge in [-0.3, -0.25) is 0 Å². The molecule has 1 fully saturated rings. The fraction of sp³-hybridized carbons (Fsp3) is 0.312. The van der Waals surface area contributed by atoms with E-state index in [0.717, 1.165) is 17.1 Å². The van der Waals surface area contributed by atoms with E-state index < -0.39 is 0 Å². The first-order chi connectivity index (χ1) is 9.85. The molecule has 3 nitrogen and oxygen atoms in total. The molecular weight excluding hydrogens is 266 g/mol. The molecule has 3 rings (SSSR count). The molecule has 1 aromatic heterocycles. The van der Waals surface area contributed by atoms with Gasteiger partial charge < -0.3 is 10.2 Å². The summed E-state index contributed by atoms with van der Waals surface area (Å²) in [5.74, 6) is 0. The molecular formula is C16H17N3S. The molecule has 1 N–H and O–H groups in total. The fourth-order valence-electron chi connectivity index (χ4n) is 2.51. The van der Waals surface area contributed by atoms with Gasteiger partial charge in [0.15, 0.2) is 0 Å². The molecule has 0 saturated carbocycles. The third-order valence-corrected chi connectivity index (χ3v) is 4.55. The van der Waals surface area contributed by atoms with Gasteiger partial charge in [-0.1, -0.05) is 6.07 Å². The number of hydrogen-bond acceptors (Lipinski definition) is 4. The zero-order valence-corrected chi connectivity index (χ0v) is 12.1. The van der Waals surface area contributed by atoms with Crippen LogP contribution in [-0.2, 0) is 6.54 Å². The van der Waals surface area contributed by atoms with Gasteiger partial charge in [0, 0.05) is 35.9 Å². The number of nitrogens with zero attached hydrogens (tertiary/aromatic N) is 2. The Bertz CT molecular complexity index is 621. The van der Waals surface area contributed by atoms with Crippen LogP contribution < -0.4 is 10.2 Å². The molecule has 0 amide bonds. The van der Waals surface area contributed by atoms with Crippen molar-refractivity contribution in [1.29, 1.82) is 5.26 Å². The highest BCUT2D eigenvalue weighted by atomic mass is 32.1. The van der Waals surface area contributed by atoms with E-state index in [1.807, 2.05) is 12.1 Å². The van der Waals surface area contributed by atoms with Gasteiger partial charge in [-0.2, -0.15) is 5.26 Å². The van der Waals surface area contributed by atoms with E-state index in [-0.39, 0.29) is 0 Å². The third-order valence-electron chi connectivity index (χ3n) is 3.56. The van der Waals surface area contributed by atoms with Crippen molar-refractivity contribution in [2.24, 2.45) is 0 Å². The third kappa shape index (κ3) is 2.94. The number of nitriles is 1. The minimum absolute atomic E-state index is 0.771. The molecule has 4 heteroatoms.